The first-order chi connectivity index (χ1) is 9.81. The molecule has 0 bridgehead atoms. The molecule has 0 spiro atoms. The SMILES string of the molecule is Fc1ccc(Oc2ccc(CCl)c(C(F)(F)F)c2)c(F)c1. The van der Waals surface area contributed by atoms with E-state index in [0.29, 0.717) is 6.07 Å². The predicted molar refractivity (Wildman–Crippen MR) is 67.4 cm³/mol. The Hall–Kier alpha value is -1.82. The number of hydrogen-bond donors (Lipinski definition) is 0. The average Bonchev–Trinajstić information content (AvgIpc) is 2.41. The van der Waals surface area contributed by atoms with Crippen LogP contribution in [0, 0.1) is 11.6 Å². The summed E-state index contributed by atoms with van der Waals surface area (Å²) in [5, 5.41) is 0. The van der Waals surface area contributed by atoms with Crippen LogP contribution < -0.4 is 4.74 Å². The van der Waals surface area contributed by atoms with Crippen molar-refractivity contribution in [3.8, 4) is 11.5 Å². The molecule has 0 aliphatic heterocycles. The molecule has 0 unspecified atom stereocenters. The van der Waals surface area contributed by atoms with Gasteiger partial charge in [0.25, 0.3) is 0 Å². The van der Waals surface area contributed by atoms with Crippen molar-refractivity contribution in [2.24, 2.45) is 0 Å². The lowest BCUT2D eigenvalue weighted by Crippen LogP contribution is -2.08. The van der Waals surface area contributed by atoms with Crippen LogP contribution in [0.4, 0.5) is 22.0 Å². The van der Waals surface area contributed by atoms with Crippen LogP contribution in [-0.4, -0.2) is 0 Å². The Labute approximate surface area is 121 Å². The Kier molecular flexibility index (Phi) is 4.37. The highest BCUT2D eigenvalue weighted by atomic mass is 35.5. The minimum atomic E-state index is -4.61. The van der Waals surface area contributed by atoms with Gasteiger partial charge in [-0.15, -0.1) is 11.6 Å². The minimum absolute atomic E-state index is 0.115. The van der Waals surface area contributed by atoms with Crippen LogP contribution in [0.1, 0.15) is 11.1 Å². The average molecular weight is 323 g/mol. The Balaban J connectivity index is 2.37. The van der Waals surface area contributed by atoms with Crippen molar-refractivity contribution in [2.75, 3.05) is 0 Å². The number of alkyl halides is 4. The molecule has 0 saturated heterocycles. The first kappa shape index (κ1) is 15.6. The number of benzene rings is 2. The summed E-state index contributed by atoms with van der Waals surface area (Å²) in [4.78, 5) is 0. The molecule has 0 aromatic heterocycles. The fraction of sp³-hybridized carbons (Fsp3) is 0.143. The molecule has 0 amide bonds. The molecule has 2 aromatic carbocycles. The van der Waals surface area contributed by atoms with Crippen molar-refractivity contribution in [1.82, 2.24) is 0 Å². The largest absolute Gasteiger partial charge is 0.454 e. The van der Waals surface area contributed by atoms with Crippen molar-refractivity contribution in [3.63, 3.8) is 0 Å². The Morgan fingerprint density at radius 2 is 1.71 bits per heavy atom. The van der Waals surface area contributed by atoms with Gasteiger partial charge in [-0.3, -0.25) is 0 Å². The van der Waals surface area contributed by atoms with Crippen molar-refractivity contribution in [3.05, 3.63) is 59.2 Å². The Bertz CT molecular complexity index is 654. The third kappa shape index (κ3) is 3.64. The maximum absolute atomic E-state index is 13.4. The van der Waals surface area contributed by atoms with Gasteiger partial charge in [0.15, 0.2) is 11.6 Å². The van der Waals surface area contributed by atoms with Crippen LogP contribution in [0.15, 0.2) is 36.4 Å². The number of hydrogen-bond acceptors (Lipinski definition) is 1. The zero-order valence-corrected chi connectivity index (χ0v) is 11.1. The van der Waals surface area contributed by atoms with Gasteiger partial charge >= 0.3 is 6.18 Å². The van der Waals surface area contributed by atoms with Gasteiger partial charge in [-0.05, 0) is 29.8 Å². The molecular weight excluding hydrogens is 315 g/mol. The molecule has 21 heavy (non-hydrogen) atoms. The molecule has 0 fully saturated rings. The summed E-state index contributed by atoms with van der Waals surface area (Å²) >= 11 is 5.45. The van der Waals surface area contributed by atoms with Gasteiger partial charge in [-0.25, -0.2) is 8.78 Å². The lowest BCUT2D eigenvalue weighted by molar-refractivity contribution is -0.138. The fourth-order valence-corrected chi connectivity index (χ4v) is 1.92. The highest BCUT2D eigenvalue weighted by Crippen LogP contribution is 2.36. The fourth-order valence-electron chi connectivity index (χ4n) is 1.68. The highest BCUT2D eigenvalue weighted by Gasteiger charge is 2.33. The second-order valence-corrected chi connectivity index (χ2v) is 4.39. The van der Waals surface area contributed by atoms with E-state index in [-0.39, 0.29) is 22.9 Å². The zero-order chi connectivity index (χ0) is 15.6. The van der Waals surface area contributed by atoms with E-state index >= 15 is 0 Å². The van der Waals surface area contributed by atoms with E-state index in [4.69, 9.17) is 16.3 Å². The molecule has 0 aliphatic carbocycles. The van der Waals surface area contributed by atoms with Crippen molar-refractivity contribution in [1.29, 1.82) is 0 Å². The maximum Gasteiger partial charge on any atom is 0.416 e. The third-order valence-corrected chi connectivity index (χ3v) is 2.94. The van der Waals surface area contributed by atoms with Crippen LogP contribution in [0.3, 0.4) is 0 Å². The number of ether oxygens (including phenoxy) is 1. The summed E-state index contributed by atoms with van der Waals surface area (Å²) in [5.74, 6) is -2.73. The third-order valence-electron chi connectivity index (χ3n) is 2.65. The molecule has 0 saturated carbocycles. The van der Waals surface area contributed by atoms with Gasteiger partial charge in [0.2, 0.25) is 0 Å². The van der Waals surface area contributed by atoms with Crippen molar-refractivity contribution in [2.45, 2.75) is 12.1 Å². The molecule has 2 aromatic rings. The second kappa shape index (κ2) is 5.89. The smallest absolute Gasteiger partial charge is 0.416 e. The van der Waals surface area contributed by atoms with Crippen LogP contribution >= 0.6 is 11.6 Å². The molecule has 0 aliphatic rings. The van der Waals surface area contributed by atoms with Gasteiger partial charge < -0.3 is 4.74 Å². The van der Waals surface area contributed by atoms with Gasteiger partial charge in [0, 0.05) is 11.9 Å². The van der Waals surface area contributed by atoms with Crippen molar-refractivity contribution < 1.29 is 26.7 Å². The number of halogens is 6. The van der Waals surface area contributed by atoms with E-state index in [0.717, 1.165) is 24.3 Å². The summed E-state index contributed by atoms with van der Waals surface area (Å²) in [7, 11) is 0. The summed E-state index contributed by atoms with van der Waals surface area (Å²) < 4.78 is 69.7. The lowest BCUT2D eigenvalue weighted by Gasteiger charge is -2.14. The molecule has 0 N–H and O–H groups in total. The highest BCUT2D eigenvalue weighted by molar-refractivity contribution is 6.17. The summed E-state index contributed by atoms with van der Waals surface area (Å²) in [5.41, 5.74) is -1.08. The Morgan fingerprint density at radius 1 is 1.00 bits per heavy atom. The first-order valence-electron chi connectivity index (χ1n) is 5.70. The topological polar surface area (TPSA) is 9.23 Å². The molecule has 0 atom stereocenters. The van der Waals surface area contributed by atoms with Crippen LogP contribution in [0.5, 0.6) is 11.5 Å². The summed E-state index contributed by atoms with van der Waals surface area (Å²) in [6.07, 6.45) is -4.61. The number of rotatable bonds is 3. The minimum Gasteiger partial charge on any atom is -0.454 e. The molecule has 7 heteroatoms. The first-order valence-corrected chi connectivity index (χ1v) is 6.23. The molecule has 1 nitrogen and oxygen atoms in total. The normalized spacial score (nSPS) is 11.5. The van der Waals surface area contributed by atoms with E-state index in [1.807, 2.05) is 0 Å². The summed E-state index contributed by atoms with van der Waals surface area (Å²) in [6, 6.07) is 5.61. The monoisotopic (exact) mass is 322 g/mol. The Morgan fingerprint density at radius 3 is 2.29 bits per heavy atom. The van der Waals surface area contributed by atoms with Crippen LogP contribution in [-0.2, 0) is 12.1 Å². The molecule has 2 rings (SSSR count). The van der Waals surface area contributed by atoms with E-state index in [2.05, 4.69) is 0 Å². The van der Waals surface area contributed by atoms with E-state index in [1.54, 1.807) is 0 Å². The predicted octanol–water partition coefficient (Wildman–Crippen LogP) is 5.51. The molecule has 0 radical (unpaired) electrons. The van der Waals surface area contributed by atoms with E-state index < -0.39 is 23.4 Å². The van der Waals surface area contributed by atoms with Gasteiger partial charge in [-0.2, -0.15) is 13.2 Å². The van der Waals surface area contributed by atoms with Gasteiger partial charge in [0.05, 0.1) is 5.56 Å². The molecular formula is C14H8ClF5O. The lowest BCUT2D eigenvalue weighted by atomic mass is 10.1. The maximum atomic E-state index is 13.4. The standard InChI is InChI=1S/C14H8ClF5O/c15-7-8-1-3-10(6-11(8)14(18,19)20)21-13-4-2-9(16)5-12(13)17/h1-6H,7H2. The summed E-state index contributed by atoms with van der Waals surface area (Å²) in [6.45, 7) is 0. The van der Waals surface area contributed by atoms with Crippen LogP contribution in [0.2, 0.25) is 0 Å². The zero-order valence-electron chi connectivity index (χ0n) is 10.3. The van der Waals surface area contributed by atoms with Crippen molar-refractivity contribution >= 4 is 11.6 Å². The van der Waals surface area contributed by atoms with Gasteiger partial charge in [-0.1, -0.05) is 6.07 Å². The van der Waals surface area contributed by atoms with Gasteiger partial charge in [0.1, 0.15) is 11.6 Å². The van der Waals surface area contributed by atoms with Crippen LogP contribution in [0.25, 0.3) is 0 Å². The second-order valence-electron chi connectivity index (χ2n) is 4.13. The van der Waals surface area contributed by atoms with E-state index in [9.17, 15) is 22.0 Å². The van der Waals surface area contributed by atoms with E-state index in [1.165, 1.54) is 6.07 Å². The quantitative estimate of drug-likeness (QED) is 0.534. The molecule has 112 valence electrons. The molecule has 0 heterocycles.